The standard InChI is InChI=1S/C12H22N4O2S4/c1-13(2)9-22(20)6-11(18)16-7-15(8-16)10(17)5-21-12(19)14(3)4/h5-9H2,1-4H3. The molecule has 126 valence electrons. The number of thiocarbonyl (C=S) groups is 1. The molecule has 0 aromatic rings. The second kappa shape index (κ2) is 9.11. The van der Waals surface area contributed by atoms with Gasteiger partial charge in [0.15, 0.2) is 0 Å². The lowest BCUT2D eigenvalue weighted by molar-refractivity contribution is -0.155. The van der Waals surface area contributed by atoms with Gasteiger partial charge >= 0.3 is 0 Å². The van der Waals surface area contributed by atoms with E-state index in [0.29, 0.717) is 29.2 Å². The zero-order valence-corrected chi connectivity index (χ0v) is 16.5. The van der Waals surface area contributed by atoms with Crippen molar-refractivity contribution in [2.75, 3.05) is 58.9 Å². The van der Waals surface area contributed by atoms with E-state index in [4.69, 9.17) is 23.4 Å². The predicted molar refractivity (Wildman–Crippen MR) is 100 cm³/mol. The first kappa shape index (κ1) is 19.8. The van der Waals surface area contributed by atoms with Crippen LogP contribution in [0, 0.1) is 0 Å². The molecule has 1 atom stereocenters. The Labute approximate surface area is 148 Å². The fourth-order valence-corrected chi connectivity index (χ4v) is 4.52. The molecule has 0 N–H and O–H groups in total. The van der Waals surface area contributed by atoms with Crippen LogP contribution in [0.2, 0.25) is 0 Å². The molecule has 22 heavy (non-hydrogen) atoms. The Balaban J connectivity index is 2.27. The third-order valence-corrected chi connectivity index (χ3v) is 6.52. The summed E-state index contributed by atoms with van der Waals surface area (Å²) in [5, 5.41) is 0. The summed E-state index contributed by atoms with van der Waals surface area (Å²) in [4.78, 5) is 31.1. The van der Waals surface area contributed by atoms with E-state index in [0.717, 1.165) is 5.88 Å². The Bertz CT molecular complexity index is 464. The molecule has 1 rings (SSSR count). The van der Waals surface area contributed by atoms with E-state index in [1.54, 1.807) is 14.7 Å². The maximum atomic E-state index is 12.0. The molecular weight excluding hydrogens is 360 g/mol. The van der Waals surface area contributed by atoms with E-state index >= 15 is 0 Å². The van der Waals surface area contributed by atoms with Crippen LogP contribution in [-0.2, 0) is 30.2 Å². The predicted octanol–water partition coefficient (Wildman–Crippen LogP) is -0.249. The van der Waals surface area contributed by atoms with Crippen molar-refractivity contribution in [2.45, 2.75) is 0 Å². The average Bonchev–Trinajstić information content (AvgIpc) is 2.32. The maximum Gasteiger partial charge on any atom is 0.235 e. The van der Waals surface area contributed by atoms with Crippen molar-refractivity contribution in [3.63, 3.8) is 0 Å². The highest BCUT2D eigenvalue weighted by molar-refractivity contribution is 8.29. The van der Waals surface area contributed by atoms with Crippen molar-refractivity contribution >= 4 is 60.8 Å². The fourth-order valence-electron chi connectivity index (χ4n) is 1.59. The monoisotopic (exact) mass is 382 g/mol. The summed E-state index contributed by atoms with van der Waals surface area (Å²) in [5.41, 5.74) is 0. The quantitative estimate of drug-likeness (QED) is 0.587. The molecule has 0 aromatic carbocycles. The van der Waals surface area contributed by atoms with E-state index in [1.165, 1.54) is 11.8 Å². The molecule has 0 aliphatic carbocycles. The average molecular weight is 383 g/mol. The van der Waals surface area contributed by atoms with E-state index in [2.05, 4.69) is 0 Å². The second-order valence-electron chi connectivity index (χ2n) is 5.39. The van der Waals surface area contributed by atoms with Crippen LogP contribution in [-0.4, -0.2) is 94.6 Å². The molecule has 1 aliphatic rings. The van der Waals surface area contributed by atoms with Gasteiger partial charge in [-0.05, 0) is 25.3 Å². The van der Waals surface area contributed by atoms with Crippen LogP contribution in [0.1, 0.15) is 0 Å². The molecule has 0 radical (unpaired) electrons. The minimum absolute atomic E-state index is 0.00362. The number of thioether (sulfide) groups is 1. The van der Waals surface area contributed by atoms with Crippen molar-refractivity contribution in [1.82, 2.24) is 19.6 Å². The molecule has 2 amide bonds. The normalized spacial score (nSPS) is 15.5. The van der Waals surface area contributed by atoms with Gasteiger partial charge in [0, 0.05) is 20.0 Å². The number of rotatable bonds is 6. The smallest absolute Gasteiger partial charge is 0.235 e. The first-order chi connectivity index (χ1) is 10.2. The summed E-state index contributed by atoms with van der Waals surface area (Å²) in [6.45, 7) is 0.725. The van der Waals surface area contributed by atoms with Gasteiger partial charge in [0.05, 0.1) is 24.8 Å². The van der Waals surface area contributed by atoms with Gasteiger partial charge in [0.25, 0.3) is 0 Å². The van der Waals surface area contributed by atoms with Crippen LogP contribution in [0.3, 0.4) is 0 Å². The van der Waals surface area contributed by atoms with Gasteiger partial charge in [-0.3, -0.25) is 14.5 Å². The Morgan fingerprint density at radius 2 is 1.68 bits per heavy atom. The highest BCUT2D eigenvalue weighted by Crippen LogP contribution is 2.14. The maximum absolute atomic E-state index is 12.0. The molecule has 1 saturated heterocycles. The first-order valence-corrected chi connectivity index (χ1v) is 10.5. The van der Waals surface area contributed by atoms with Crippen LogP contribution >= 0.6 is 24.0 Å². The highest BCUT2D eigenvalue weighted by atomic mass is 32.8. The highest BCUT2D eigenvalue weighted by Gasteiger charge is 2.31. The minimum atomic E-state index is -0.367. The van der Waals surface area contributed by atoms with Gasteiger partial charge in [-0.25, -0.2) is 0 Å². The van der Waals surface area contributed by atoms with Crippen LogP contribution in [0.4, 0.5) is 0 Å². The van der Waals surface area contributed by atoms with Gasteiger partial charge in [0.1, 0.15) is 4.32 Å². The SMILES string of the molecule is CN(C)CS(=S)CC(=O)N1CN(C(=O)CSC(=S)N(C)C)C1. The van der Waals surface area contributed by atoms with Crippen LogP contribution in [0.15, 0.2) is 0 Å². The zero-order valence-electron chi connectivity index (χ0n) is 13.3. The second-order valence-corrected chi connectivity index (χ2v) is 9.84. The summed E-state index contributed by atoms with van der Waals surface area (Å²) >= 11 is 11.8. The van der Waals surface area contributed by atoms with Crippen LogP contribution in [0.5, 0.6) is 0 Å². The van der Waals surface area contributed by atoms with Crippen LogP contribution < -0.4 is 0 Å². The van der Waals surface area contributed by atoms with Crippen molar-refractivity contribution < 1.29 is 9.59 Å². The molecule has 0 saturated carbocycles. The molecule has 1 unspecified atom stereocenters. The molecule has 1 heterocycles. The molecule has 6 nitrogen and oxygen atoms in total. The number of carbonyl (C=O) groups excluding carboxylic acids is 2. The van der Waals surface area contributed by atoms with Gasteiger partial charge in [-0.2, -0.15) is 0 Å². The third-order valence-electron chi connectivity index (χ3n) is 2.76. The van der Waals surface area contributed by atoms with Crippen molar-refractivity contribution in [2.24, 2.45) is 0 Å². The lowest BCUT2D eigenvalue weighted by Gasteiger charge is -2.42. The fraction of sp³-hybridized carbons (Fsp3) is 0.750. The van der Waals surface area contributed by atoms with Gasteiger partial charge in [-0.1, -0.05) is 33.4 Å². The lowest BCUT2D eigenvalue weighted by atomic mass is 10.4. The van der Waals surface area contributed by atoms with Gasteiger partial charge in [-0.15, -0.1) is 0 Å². The molecular formula is C12H22N4O2S4. The molecule has 0 bridgehead atoms. The van der Waals surface area contributed by atoms with Crippen molar-refractivity contribution in [1.29, 1.82) is 0 Å². The molecule has 1 aliphatic heterocycles. The van der Waals surface area contributed by atoms with E-state index < -0.39 is 0 Å². The lowest BCUT2D eigenvalue weighted by Crippen LogP contribution is -2.60. The summed E-state index contributed by atoms with van der Waals surface area (Å²) < 4.78 is 0.681. The van der Waals surface area contributed by atoms with Crippen LogP contribution in [0.25, 0.3) is 0 Å². The Morgan fingerprint density at radius 1 is 1.14 bits per heavy atom. The van der Waals surface area contributed by atoms with E-state index in [9.17, 15) is 9.59 Å². The molecule has 0 spiro atoms. The van der Waals surface area contributed by atoms with E-state index in [-0.39, 0.29) is 21.3 Å². The Hall–Kier alpha value is -0.290. The summed E-state index contributed by atoms with van der Waals surface area (Å²) in [5.74, 6) is 1.45. The van der Waals surface area contributed by atoms with E-state index in [1.807, 2.05) is 33.1 Å². The number of carbonyl (C=O) groups is 2. The number of hydrogen-bond acceptors (Lipinski definition) is 6. The summed E-state index contributed by atoms with van der Waals surface area (Å²) in [7, 11) is 7.22. The van der Waals surface area contributed by atoms with Crippen molar-refractivity contribution in [3.05, 3.63) is 0 Å². The Morgan fingerprint density at radius 3 is 2.18 bits per heavy atom. The molecule has 1 fully saturated rings. The Kier molecular flexibility index (Phi) is 8.19. The van der Waals surface area contributed by atoms with Gasteiger partial charge < -0.3 is 14.7 Å². The summed E-state index contributed by atoms with van der Waals surface area (Å²) in [6.07, 6.45) is 0. The minimum Gasteiger partial charge on any atom is -0.364 e. The molecule has 0 aromatic heterocycles. The third kappa shape index (κ3) is 6.45. The summed E-state index contributed by atoms with van der Waals surface area (Å²) in [6, 6.07) is 0. The number of nitrogens with zero attached hydrogens (tertiary/aromatic N) is 4. The van der Waals surface area contributed by atoms with Crippen molar-refractivity contribution in [3.8, 4) is 0 Å². The number of hydrogen-bond donors (Lipinski definition) is 0. The van der Waals surface area contributed by atoms with Gasteiger partial charge in [0.2, 0.25) is 11.8 Å². The first-order valence-electron chi connectivity index (χ1n) is 6.60. The topological polar surface area (TPSA) is 47.1 Å². The number of amides is 2. The largest absolute Gasteiger partial charge is 0.364 e. The molecule has 10 heteroatoms. The zero-order chi connectivity index (χ0) is 16.9.